The molecule has 5 nitrogen and oxygen atoms in total. The first-order valence-corrected chi connectivity index (χ1v) is 12.4. The summed E-state index contributed by atoms with van der Waals surface area (Å²) in [5.74, 6) is -0.571. The van der Waals surface area contributed by atoms with E-state index in [0.717, 1.165) is 27.8 Å². The van der Waals surface area contributed by atoms with Gasteiger partial charge in [-0.1, -0.05) is 78.9 Å². The van der Waals surface area contributed by atoms with Crippen LogP contribution in [-0.2, 0) is 6.42 Å². The maximum atomic E-state index is 12.5. The maximum absolute atomic E-state index is 12.5. The minimum Gasteiger partial charge on any atom is -0.406 e. The summed E-state index contributed by atoms with van der Waals surface area (Å²) in [5, 5.41) is 20.5. The number of hydrogen-bond donors (Lipinski definition) is 3. The molecule has 0 heterocycles. The van der Waals surface area contributed by atoms with E-state index in [1.54, 1.807) is 24.3 Å². The van der Waals surface area contributed by atoms with Crippen molar-refractivity contribution in [3.63, 3.8) is 0 Å². The third-order valence-electron chi connectivity index (χ3n) is 6.26. The Kier molecular flexibility index (Phi) is 9.01. The molecule has 0 spiro atoms. The highest BCUT2D eigenvalue weighted by atomic mass is 19.4. The molecule has 1 unspecified atom stereocenters. The number of benzene rings is 4. The summed E-state index contributed by atoms with van der Waals surface area (Å²) in [4.78, 5) is 12.3. The smallest absolute Gasteiger partial charge is 0.406 e. The average molecular weight is 536 g/mol. The number of carbonyl (C=O) groups excluding carboxylic acids is 1. The van der Waals surface area contributed by atoms with Crippen molar-refractivity contribution in [2.24, 2.45) is 0 Å². The van der Waals surface area contributed by atoms with Gasteiger partial charge in [-0.2, -0.15) is 0 Å². The molecule has 0 fully saturated rings. The number of rotatable bonds is 10. The van der Waals surface area contributed by atoms with Gasteiger partial charge in [0.2, 0.25) is 0 Å². The average Bonchev–Trinajstić information content (AvgIpc) is 2.92. The standard InChI is InChI=1S/C31H28F3NO4/c32-31(33,34)39-27-15-13-22(14-16-27)25-7-4-8-26(20-25)28(23-5-2-1-3-6-23)19-21-9-11-24(12-10-21)30(38)35-18-17-29(36)37/h1-16,20,28-29,36-37H,17-19H2,(H,35,38). The second kappa shape index (κ2) is 12.6. The quantitative estimate of drug-likeness (QED) is 0.216. The van der Waals surface area contributed by atoms with Crippen LogP contribution in [0.4, 0.5) is 13.2 Å². The van der Waals surface area contributed by atoms with Crippen molar-refractivity contribution in [2.75, 3.05) is 6.54 Å². The fourth-order valence-electron chi connectivity index (χ4n) is 4.34. The van der Waals surface area contributed by atoms with E-state index in [4.69, 9.17) is 10.2 Å². The van der Waals surface area contributed by atoms with Crippen LogP contribution in [0.5, 0.6) is 5.75 Å². The van der Waals surface area contributed by atoms with Crippen molar-refractivity contribution in [1.29, 1.82) is 0 Å². The van der Waals surface area contributed by atoms with Gasteiger partial charge in [0.05, 0.1) is 0 Å². The first-order valence-electron chi connectivity index (χ1n) is 12.4. The maximum Gasteiger partial charge on any atom is 0.573 e. The zero-order valence-corrected chi connectivity index (χ0v) is 20.9. The van der Waals surface area contributed by atoms with E-state index in [1.807, 2.05) is 54.6 Å². The highest BCUT2D eigenvalue weighted by Gasteiger charge is 2.31. The van der Waals surface area contributed by atoms with Crippen molar-refractivity contribution < 1.29 is 32.9 Å². The van der Waals surface area contributed by atoms with E-state index >= 15 is 0 Å². The molecule has 0 aliphatic heterocycles. The molecule has 1 atom stereocenters. The number of aliphatic hydroxyl groups is 2. The number of aliphatic hydroxyl groups excluding tert-OH is 1. The molecule has 0 saturated heterocycles. The zero-order chi connectivity index (χ0) is 27.8. The Balaban J connectivity index is 1.55. The molecule has 0 radical (unpaired) electrons. The third kappa shape index (κ3) is 8.17. The van der Waals surface area contributed by atoms with Gasteiger partial charge >= 0.3 is 6.36 Å². The van der Waals surface area contributed by atoms with Crippen LogP contribution in [0.2, 0.25) is 0 Å². The SMILES string of the molecule is O=C(NCCC(O)O)c1ccc(CC(c2ccccc2)c2cccc(-c3ccc(OC(F)(F)F)cc3)c2)cc1. The fraction of sp³-hybridized carbons (Fsp3) is 0.194. The summed E-state index contributed by atoms with van der Waals surface area (Å²) in [7, 11) is 0. The Morgan fingerprint density at radius 3 is 2.10 bits per heavy atom. The Morgan fingerprint density at radius 1 is 0.795 bits per heavy atom. The molecule has 0 aliphatic rings. The van der Waals surface area contributed by atoms with E-state index < -0.39 is 12.7 Å². The lowest BCUT2D eigenvalue weighted by atomic mass is 9.84. The predicted molar refractivity (Wildman–Crippen MR) is 142 cm³/mol. The number of carbonyl (C=O) groups is 1. The van der Waals surface area contributed by atoms with E-state index in [1.165, 1.54) is 12.1 Å². The summed E-state index contributed by atoms with van der Waals surface area (Å²) in [5.41, 5.74) is 5.27. The summed E-state index contributed by atoms with van der Waals surface area (Å²) in [6.07, 6.45) is -5.50. The molecule has 4 aromatic carbocycles. The summed E-state index contributed by atoms with van der Waals surface area (Å²) < 4.78 is 41.6. The Labute approximate surface area is 224 Å². The largest absolute Gasteiger partial charge is 0.573 e. The second-order valence-electron chi connectivity index (χ2n) is 9.09. The summed E-state index contributed by atoms with van der Waals surface area (Å²) in [6.45, 7) is 0.156. The lowest BCUT2D eigenvalue weighted by Crippen LogP contribution is -2.27. The highest BCUT2D eigenvalue weighted by Crippen LogP contribution is 2.32. The normalized spacial score (nSPS) is 12.3. The monoisotopic (exact) mass is 535 g/mol. The van der Waals surface area contributed by atoms with Gasteiger partial charge in [-0.05, 0) is 58.5 Å². The predicted octanol–water partition coefficient (Wildman–Crippen LogP) is 6.06. The Hall–Kier alpha value is -4.14. The van der Waals surface area contributed by atoms with Gasteiger partial charge < -0.3 is 20.3 Å². The van der Waals surface area contributed by atoms with Crippen molar-refractivity contribution in [3.05, 3.63) is 125 Å². The molecule has 0 aliphatic carbocycles. The molecule has 0 saturated carbocycles. The van der Waals surface area contributed by atoms with Crippen LogP contribution in [0.3, 0.4) is 0 Å². The lowest BCUT2D eigenvalue weighted by molar-refractivity contribution is -0.274. The van der Waals surface area contributed by atoms with Gasteiger partial charge in [-0.25, -0.2) is 0 Å². The molecular weight excluding hydrogens is 507 g/mol. The number of alkyl halides is 3. The molecule has 4 aromatic rings. The Morgan fingerprint density at radius 2 is 1.46 bits per heavy atom. The number of nitrogens with one attached hydrogen (secondary N) is 1. The van der Waals surface area contributed by atoms with Crippen LogP contribution in [0.15, 0.2) is 103 Å². The molecule has 202 valence electrons. The highest BCUT2D eigenvalue weighted by molar-refractivity contribution is 5.94. The van der Waals surface area contributed by atoms with E-state index in [-0.39, 0.29) is 30.5 Å². The number of hydrogen-bond acceptors (Lipinski definition) is 4. The lowest BCUT2D eigenvalue weighted by Gasteiger charge is -2.20. The molecule has 3 N–H and O–H groups in total. The molecule has 0 aromatic heterocycles. The number of ether oxygens (including phenoxy) is 1. The topological polar surface area (TPSA) is 78.8 Å². The molecule has 39 heavy (non-hydrogen) atoms. The molecular formula is C31H28F3NO4. The number of halogens is 3. The van der Waals surface area contributed by atoms with Crippen LogP contribution in [0.25, 0.3) is 11.1 Å². The molecule has 4 rings (SSSR count). The zero-order valence-electron chi connectivity index (χ0n) is 20.9. The summed E-state index contributed by atoms with van der Waals surface area (Å²) >= 11 is 0. The Bertz CT molecular complexity index is 1360. The van der Waals surface area contributed by atoms with Gasteiger partial charge in [0.15, 0.2) is 6.29 Å². The van der Waals surface area contributed by atoms with Gasteiger partial charge in [0, 0.05) is 24.4 Å². The van der Waals surface area contributed by atoms with Crippen LogP contribution in [-0.4, -0.2) is 35.3 Å². The van der Waals surface area contributed by atoms with Crippen LogP contribution >= 0.6 is 0 Å². The van der Waals surface area contributed by atoms with Crippen LogP contribution < -0.4 is 10.1 Å². The first kappa shape index (κ1) is 27.9. The second-order valence-corrected chi connectivity index (χ2v) is 9.09. The van der Waals surface area contributed by atoms with Gasteiger partial charge in [0.25, 0.3) is 5.91 Å². The van der Waals surface area contributed by atoms with E-state index in [9.17, 15) is 18.0 Å². The van der Waals surface area contributed by atoms with Crippen molar-refractivity contribution in [3.8, 4) is 16.9 Å². The molecule has 0 bridgehead atoms. The first-order chi connectivity index (χ1) is 18.7. The van der Waals surface area contributed by atoms with E-state index in [2.05, 4.69) is 22.2 Å². The van der Waals surface area contributed by atoms with Crippen molar-refractivity contribution >= 4 is 5.91 Å². The van der Waals surface area contributed by atoms with Gasteiger partial charge in [0.1, 0.15) is 5.75 Å². The van der Waals surface area contributed by atoms with E-state index in [0.29, 0.717) is 12.0 Å². The van der Waals surface area contributed by atoms with Crippen molar-refractivity contribution in [2.45, 2.75) is 31.4 Å². The van der Waals surface area contributed by atoms with Crippen molar-refractivity contribution in [1.82, 2.24) is 5.32 Å². The molecule has 8 heteroatoms. The number of amides is 1. The molecule has 1 amide bonds. The minimum atomic E-state index is -4.74. The van der Waals surface area contributed by atoms with Gasteiger partial charge in [-0.3, -0.25) is 4.79 Å². The van der Waals surface area contributed by atoms with Gasteiger partial charge in [-0.15, -0.1) is 13.2 Å². The minimum absolute atomic E-state index is 0.00953. The third-order valence-corrected chi connectivity index (χ3v) is 6.26. The van der Waals surface area contributed by atoms with Crippen LogP contribution in [0.1, 0.15) is 39.4 Å². The van der Waals surface area contributed by atoms with Crippen LogP contribution in [0, 0.1) is 0 Å². The fourth-order valence-corrected chi connectivity index (χ4v) is 4.34. The summed E-state index contributed by atoms with van der Waals surface area (Å²) in [6, 6.07) is 31.0.